The van der Waals surface area contributed by atoms with E-state index in [1.807, 2.05) is 0 Å². The molecule has 0 aliphatic heterocycles. The van der Waals surface area contributed by atoms with Crippen molar-refractivity contribution in [1.29, 1.82) is 0 Å². The predicted molar refractivity (Wildman–Crippen MR) is 54.0 cm³/mol. The van der Waals surface area contributed by atoms with Crippen LogP contribution >= 0.6 is 0 Å². The van der Waals surface area contributed by atoms with Gasteiger partial charge in [-0.1, -0.05) is 24.3 Å². The van der Waals surface area contributed by atoms with E-state index >= 15 is 0 Å². The molecule has 2 nitrogen and oxygen atoms in total. The zero-order valence-corrected chi connectivity index (χ0v) is 9.31. The van der Waals surface area contributed by atoms with Gasteiger partial charge in [0.25, 0.3) is 0 Å². The van der Waals surface area contributed by atoms with Crippen molar-refractivity contribution in [3.63, 3.8) is 0 Å². The fourth-order valence-electron chi connectivity index (χ4n) is 1.22. The van der Waals surface area contributed by atoms with E-state index in [0.717, 1.165) is 0 Å². The molecule has 1 amide bonds. The molecule has 0 saturated carbocycles. The largest absolute Gasteiger partial charge is 0.463 e. The first-order valence-electron chi connectivity index (χ1n) is 4.93. The van der Waals surface area contributed by atoms with Gasteiger partial charge in [0.1, 0.15) is 0 Å². The summed E-state index contributed by atoms with van der Waals surface area (Å²) >= 11 is 0. The highest BCUT2D eigenvalue weighted by atomic mass is 19.4. The Morgan fingerprint density at radius 3 is 2.22 bits per heavy atom. The Balaban J connectivity index is 2.71. The quantitative estimate of drug-likeness (QED) is 0.838. The van der Waals surface area contributed by atoms with Crippen LogP contribution in [-0.2, 0) is 11.3 Å². The molecule has 0 aliphatic rings. The van der Waals surface area contributed by atoms with Gasteiger partial charge in [-0.25, -0.2) is 0 Å². The summed E-state index contributed by atoms with van der Waals surface area (Å²) in [4.78, 5) is 10.8. The van der Waals surface area contributed by atoms with Crippen LogP contribution in [0.5, 0.6) is 0 Å². The number of rotatable bonds is 3. The lowest BCUT2D eigenvalue weighted by molar-refractivity contribution is -0.269. The summed E-state index contributed by atoms with van der Waals surface area (Å²) < 4.78 is 60.8. The molecule has 0 aromatic heterocycles. The molecule has 1 aromatic rings. The van der Waals surface area contributed by atoms with E-state index in [2.05, 4.69) is 0 Å². The third kappa shape index (κ3) is 2.96. The van der Waals surface area contributed by atoms with Crippen LogP contribution in [0.1, 0.15) is 11.1 Å². The molecule has 0 unspecified atom stereocenters. The first-order chi connectivity index (χ1) is 8.16. The van der Waals surface area contributed by atoms with E-state index in [0.29, 0.717) is 11.1 Å². The number of halogens is 5. The zero-order valence-electron chi connectivity index (χ0n) is 9.31. The van der Waals surface area contributed by atoms with E-state index < -0.39 is 18.0 Å². The zero-order chi connectivity index (χ0) is 14.0. The van der Waals surface area contributed by atoms with Crippen molar-refractivity contribution in [1.82, 2.24) is 5.32 Å². The highest BCUT2D eigenvalue weighted by Gasteiger charge is 2.63. The van der Waals surface area contributed by atoms with Crippen molar-refractivity contribution in [3.05, 3.63) is 35.4 Å². The SMILES string of the molecule is Cc1ccccc1CNC(=O)C(F)(F)C(F)(F)F. The highest BCUT2D eigenvalue weighted by molar-refractivity contribution is 5.84. The van der Waals surface area contributed by atoms with Crippen LogP contribution < -0.4 is 5.32 Å². The van der Waals surface area contributed by atoms with E-state index in [9.17, 15) is 26.7 Å². The van der Waals surface area contributed by atoms with E-state index in [4.69, 9.17) is 0 Å². The molecule has 18 heavy (non-hydrogen) atoms. The van der Waals surface area contributed by atoms with Gasteiger partial charge in [-0.05, 0) is 18.1 Å². The summed E-state index contributed by atoms with van der Waals surface area (Å²) in [7, 11) is 0. The van der Waals surface area contributed by atoms with Crippen LogP contribution in [0, 0.1) is 6.92 Å². The Labute approximate surface area is 99.8 Å². The topological polar surface area (TPSA) is 29.1 Å². The number of carbonyl (C=O) groups excluding carboxylic acids is 1. The number of benzene rings is 1. The van der Waals surface area contributed by atoms with E-state index in [1.165, 1.54) is 6.07 Å². The first kappa shape index (κ1) is 14.4. The van der Waals surface area contributed by atoms with Gasteiger partial charge >= 0.3 is 18.0 Å². The number of hydrogen-bond donors (Lipinski definition) is 1. The van der Waals surface area contributed by atoms with Gasteiger partial charge in [-0.15, -0.1) is 0 Å². The normalized spacial score (nSPS) is 12.3. The van der Waals surface area contributed by atoms with Crippen molar-refractivity contribution in [2.75, 3.05) is 0 Å². The third-order valence-electron chi connectivity index (χ3n) is 2.34. The fraction of sp³-hybridized carbons (Fsp3) is 0.364. The summed E-state index contributed by atoms with van der Waals surface area (Å²) in [5.74, 6) is -7.73. The molecule has 0 radical (unpaired) electrons. The summed E-state index contributed by atoms with van der Waals surface area (Å²) in [6.45, 7) is 1.28. The standard InChI is InChI=1S/C11H10F5NO/c1-7-4-2-3-5-8(7)6-17-9(18)10(12,13)11(14,15)16/h2-5H,6H2,1H3,(H,17,18). The van der Waals surface area contributed by atoms with Crippen LogP contribution in [0.25, 0.3) is 0 Å². The van der Waals surface area contributed by atoms with E-state index in [-0.39, 0.29) is 6.54 Å². The molecule has 100 valence electrons. The third-order valence-corrected chi connectivity index (χ3v) is 2.34. The van der Waals surface area contributed by atoms with E-state index in [1.54, 1.807) is 30.4 Å². The minimum Gasteiger partial charge on any atom is -0.346 e. The average Bonchev–Trinajstić information content (AvgIpc) is 2.26. The Morgan fingerprint density at radius 2 is 1.72 bits per heavy atom. The summed E-state index contributed by atoms with van der Waals surface area (Å²) in [6, 6.07) is 6.46. The Morgan fingerprint density at radius 1 is 1.17 bits per heavy atom. The molecule has 0 aliphatic carbocycles. The second-order valence-electron chi connectivity index (χ2n) is 3.68. The molecule has 0 heterocycles. The van der Waals surface area contributed by atoms with Gasteiger partial charge < -0.3 is 5.32 Å². The van der Waals surface area contributed by atoms with Crippen molar-refractivity contribution >= 4 is 5.91 Å². The van der Waals surface area contributed by atoms with Gasteiger partial charge in [0.15, 0.2) is 0 Å². The Kier molecular flexibility index (Phi) is 3.93. The van der Waals surface area contributed by atoms with Crippen LogP contribution in [0.15, 0.2) is 24.3 Å². The van der Waals surface area contributed by atoms with Crippen molar-refractivity contribution in [2.45, 2.75) is 25.6 Å². The number of hydrogen-bond acceptors (Lipinski definition) is 1. The van der Waals surface area contributed by atoms with Crippen molar-refractivity contribution in [3.8, 4) is 0 Å². The van der Waals surface area contributed by atoms with Gasteiger partial charge in [0.05, 0.1) is 0 Å². The van der Waals surface area contributed by atoms with Gasteiger partial charge in [0.2, 0.25) is 0 Å². The van der Waals surface area contributed by atoms with Gasteiger partial charge in [0, 0.05) is 6.54 Å². The molecule has 0 fully saturated rings. The molecule has 7 heteroatoms. The predicted octanol–water partition coefficient (Wildman–Crippen LogP) is 2.81. The summed E-state index contributed by atoms with van der Waals surface area (Å²) in [6.07, 6.45) is -5.89. The summed E-state index contributed by atoms with van der Waals surface area (Å²) in [5, 5.41) is 1.58. The first-order valence-corrected chi connectivity index (χ1v) is 4.93. The second kappa shape index (κ2) is 4.91. The van der Waals surface area contributed by atoms with Crippen LogP contribution in [0.3, 0.4) is 0 Å². The van der Waals surface area contributed by atoms with Crippen LogP contribution in [0.2, 0.25) is 0 Å². The van der Waals surface area contributed by atoms with Crippen LogP contribution in [0.4, 0.5) is 22.0 Å². The molecule has 0 atom stereocenters. The number of nitrogens with one attached hydrogen (secondary N) is 1. The van der Waals surface area contributed by atoms with Crippen LogP contribution in [-0.4, -0.2) is 18.0 Å². The lowest BCUT2D eigenvalue weighted by Crippen LogP contribution is -2.50. The maximum absolute atomic E-state index is 12.6. The lowest BCUT2D eigenvalue weighted by atomic mass is 10.1. The molecule has 1 N–H and O–H groups in total. The number of alkyl halides is 5. The minimum atomic E-state index is -5.89. The van der Waals surface area contributed by atoms with Crippen molar-refractivity contribution in [2.24, 2.45) is 0 Å². The maximum atomic E-state index is 12.6. The monoisotopic (exact) mass is 267 g/mol. The maximum Gasteiger partial charge on any atom is 0.463 e. The van der Waals surface area contributed by atoms with Crippen molar-refractivity contribution < 1.29 is 26.7 Å². The Hall–Kier alpha value is -1.66. The average molecular weight is 267 g/mol. The lowest BCUT2D eigenvalue weighted by Gasteiger charge is -2.18. The smallest absolute Gasteiger partial charge is 0.346 e. The minimum absolute atomic E-state index is 0.378. The number of amides is 1. The highest BCUT2D eigenvalue weighted by Crippen LogP contribution is 2.35. The molecule has 0 bridgehead atoms. The second-order valence-corrected chi connectivity index (χ2v) is 3.68. The molecule has 1 aromatic carbocycles. The number of aryl methyl sites for hydroxylation is 1. The molecule has 0 spiro atoms. The molecule has 1 rings (SSSR count). The van der Waals surface area contributed by atoms with Gasteiger partial charge in [-0.2, -0.15) is 22.0 Å². The number of carbonyl (C=O) groups is 1. The molecular weight excluding hydrogens is 257 g/mol. The Bertz CT molecular complexity index is 441. The van der Waals surface area contributed by atoms with Gasteiger partial charge in [-0.3, -0.25) is 4.79 Å². The molecule has 0 saturated heterocycles. The molecular formula is C11H10F5NO. The summed E-state index contributed by atoms with van der Waals surface area (Å²) in [5.41, 5.74) is 1.16. The fourth-order valence-corrected chi connectivity index (χ4v) is 1.22.